The second-order valence-electron chi connectivity index (χ2n) is 0.600. The normalized spacial score (nSPS) is 4.62. The summed E-state index contributed by atoms with van der Waals surface area (Å²) >= 11 is 0. The molecule has 0 aliphatic heterocycles. The van der Waals surface area contributed by atoms with E-state index in [9.17, 15) is 0 Å². The molecule has 0 radical (unpaired) electrons. The van der Waals surface area contributed by atoms with Gasteiger partial charge in [0.25, 0.3) is 0 Å². The average Bonchev–Trinajstić information content (AvgIpc) is 0.722. The van der Waals surface area contributed by atoms with Crippen molar-refractivity contribution in [2.45, 2.75) is 0 Å². The molecule has 0 atom stereocenters. The van der Waals surface area contributed by atoms with E-state index >= 15 is 0 Å². The van der Waals surface area contributed by atoms with Crippen molar-refractivity contribution < 1.29 is 88.5 Å². The standard InChI is InChI=1S/Na.H4O4Si.7H2O.H/c;1-5(2,3)4;;;;;;;;/h;1-4H;7*1H2;/q+1;;;;;;;;;-1. The Kier molecular flexibility index (Phi) is 293. The molecule has 0 unspecified atom stereocenters. The fourth-order valence-electron chi connectivity index (χ4n) is 0. The zero-order chi connectivity index (χ0) is 4.50. The second kappa shape index (κ2) is 38.6. The summed E-state index contributed by atoms with van der Waals surface area (Å²) in [5.41, 5.74) is 0. The second-order valence-corrected chi connectivity index (χ2v) is 1.80. The minimum Gasteiger partial charge on any atom is -1.00 e. The van der Waals surface area contributed by atoms with Crippen molar-refractivity contribution in [2.24, 2.45) is 0 Å². The molecule has 11 nitrogen and oxygen atoms in total. The molecule has 0 heterocycles. The minimum atomic E-state index is -4.61. The molecule has 13 heavy (non-hydrogen) atoms. The van der Waals surface area contributed by atoms with Gasteiger partial charge in [0.2, 0.25) is 0 Å². The van der Waals surface area contributed by atoms with Crippen LogP contribution in [0.15, 0.2) is 0 Å². The molecule has 0 fully saturated rings. The van der Waals surface area contributed by atoms with Gasteiger partial charge in [-0.3, -0.25) is 0 Å². The maximum Gasteiger partial charge on any atom is 1.00 e. The van der Waals surface area contributed by atoms with Gasteiger partial charge in [-0.1, -0.05) is 0 Å². The Bertz CT molecular complexity index is 30.8. The van der Waals surface area contributed by atoms with Crippen LogP contribution in [-0.2, 0) is 0 Å². The van der Waals surface area contributed by atoms with Crippen LogP contribution in [0.2, 0.25) is 0 Å². The Hall–Kier alpha value is 0.777. The Balaban J connectivity index is -0.00000000222. The SMILES string of the molecule is O.O.O.O.O.O.O.O[Si](O)(O)O.[H-].[Na+]. The van der Waals surface area contributed by atoms with E-state index in [1.165, 1.54) is 0 Å². The van der Waals surface area contributed by atoms with Crippen LogP contribution in [0.25, 0.3) is 0 Å². The molecule has 0 aliphatic carbocycles. The molecule has 13 heteroatoms. The third kappa shape index (κ3) is 2460. The van der Waals surface area contributed by atoms with E-state index in [1.807, 2.05) is 0 Å². The van der Waals surface area contributed by atoms with Crippen LogP contribution in [-0.4, -0.2) is 66.6 Å². The quantitative estimate of drug-likeness (QED) is 0.302. The number of hydrogen-bond donors (Lipinski definition) is 4. The molecular weight excluding hydrogens is 227 g/mol. The van der Waals surface area contributed by atoms with Gasteiger partial charge in [0.15, 0.2) is 0 Å². The van der Waals surface area contributed by atoms with Crippen LogP contribution in [0.1, 0.15) is 1.43 Å². The van der Waals surface area contributed by atoms with Crippen molar-refractivity contribution in [2.75, 3.05) is 0 Å². The Morgan fingerprint density at radius 2 is 0.538 bits per heavy atom. The zero-order valence-electron chi connectivity index (χ0n) is 7.79. The molecule has 0 saturated carbocycles. The Labute approximate surface area is 97.7 Å². The molecule has 0 aliphatic rings. The average molecular weight is 246 g/mol. The molecule has 0 amide bonds. The molecule has 90 valence electrons. The summed E-state index contributed by atoms with van der Waals surface area (Å²) in [7, 11) is -4.61. The van der Waals surface area contributed by atoms with Crippen molar-refractivity contribution in [1.29, 1.82) is 0 Å². The molecule has 18 N–H and O–H groups in total. The van der Waals surface area contributed by atoms with E-state index in [2.05, 4.69) is 0 Å². The van der Waals surface area contributed by atoms with Crippen LogP contribution < -0.4 is 29.6 Å². The summed E-state index contributed by atoms with van der Waals surface area (Å²) in [5, 5.41) is 0. The molecule has 0 rings (SSSR count). The van der Waals surface area contributed by atoms with E-state index < -0.39 is 9.05 Å². The summed E-state index contributed by atoms with van der Waals surface area (Å²) < 4.78 is 0. The summed E-state index contributed by atoms with van der Waals surface area (Å²) in [6.07, 6.45) is 0. The molecule has 0 spiro atoms. The predicted molar refractivity (Wildman–Crippen MR) is 41.0 cm³/mol. The third-order valence-electron chi connectivity index (χ3n) is 0. The first-order valence-corrected chi connectivity index (χ1v) is 2.68. The van der Waals surface area contributed by atoms with Gasteiger partial charge < -0.3 is 58.9 Å². The van der Waals surface area contributed by atoms with E-state index in [0.29, 0.717) is 0 Å². The predicted octanol–water partition coefficient (Wildman–Crippen LogP) is -11.3. The minimum absolute atomic E-state index is 0. The molecule has 0 aromatic rings. The largest absolute Gasteiger partial charge is 1.00 e. The van der Waals surface area contributed by atoms with Gasteiger partial charge in [-0.25, -0.2) is 0 Å². The molecule has 0 bridgehead atoms. The zero-order valence-corrected chi connectivity index (χ0v) is 9.79. The summed E-state index contributed by atoms with van der Waals surface area (Å²) in [5.74, 6) is 0. The van der Waals surface area contributed by atoms with Crippen LogP contribution >= 0.6 is 0 Å². The summed E-state index contributed by atoms with van der Waals surface area (Å²) in [6, 6.07) is 0. The van der Waals surface area contributed by atoms with Gasteiger partial charge in [0, 0.05) is 0 Å². The topological polar surface area (TPSA) is 301 Å². The Morgan fingerprint density at radius 1 is 0.538 bits per heavy atom. The first-order chi connectivity index (χ1) is 2.00. The van der Waals surface area contributed by atoms with Crippen LogP contribution in [0, 0.1) is 0 Å². The van der Waals surface area contributed by atoms with Gasteiger partial charge in [-0.2, -0.15) is 0 Å². The van der Waals surface area contributed by atoms with E-state index in [0.717, 1.165) is 0 Å². The van der Waals surface area contributed by atoms with E-state index in [4.69, 9.17) is 19.2 Å². The van der Waals surface area contributed by atoms with Crippen LogP contribution in [0.4, 0.5) is 0 Å². The van der Waals surface area contributed by atoms with Crippen LogP contribution in [0.5, 0.6) is 0 Å². The van der Waals surface area contributed by atoms with Gasteiger partial charge in [0.1, 0.15) is 0 Å². The third-order valence-corrected chi connectivity index (χ3v) is 0. The van der Waals surface area contributed by atoms with E-state index in [1.54, 1.807) is 0 Å². The first kappa shape index (κ1) is 98.6. The van der Waals surface area contributed by atoms with E-state index in [-0.39, 0.29) is 69.3 Å². The fourth-order valence-corrected chi connectivity index (χ4v) is 0. The monoisotopic (exact) mass is 246 g/mol. The summed E-state index contributed by atoms with van der Waals surface area (Å²) in [4.78, 5) is 29.3. The van der Waals surface area contributed by atoms with Gasteiger partial charge in [-0.05, 0) is 0 Å². The number of hydrogen-bond acceptors (Lipinski definition) is 4. The van der Waals surface area contributed by atoms with Crippen molar-refractivity contribution >= 4 is 9.05 Å². The molecule has 0 saturated heterocycles. The van der Waals surface area contributed by atoms with Gasteiger partial charge in [0.05, 0.1) is 0 Å². The molecular formula is H19NaO11Si. The fraction of sp³-hybridized carbons (Fsp3) is 0. The first-order valence-electron chi connectivity index (χ1n) is 0.894. The number of rotatable bonds is 0. The summed E-state index contributed by atoms with van der Waals surface area (Å²) in [6.45, 7) is 0. The van der Waals surface area contributed by atoms with Gasteiger partial charge in [-0.15, -0.1) is 0 Å². The van der Waals surface area contributed by atoms with Crippen molar-refractivity contribution in [3.8, 4) is 0 Å². The van der Waals surface area contributed by atoms with Gasteiger partial charge >= 0.3 is 38.6 Å². The Morgan fingerprint density at radius 3 is 0.538 bits per heavy atom. The molecule has 0 aromatic heterocycles. The van der Waals surface area contributed by atoms with Crippen LogP contribution in [0.3, 0.4) is 0 Å². The maximum atomic E-state index is 7.33. The van der Waals surface area contributed by atoms with Crippen molar-refractivity contribution in [3.63, 3.8) is 0 Å². The maximum absolute atomic E-state index is 7.33. The molecule has 0 aromatic carbocycles. The van der Waals surface area contributed by atoms with Crippen molar-refractivity contribution in [1.82, 2.24) is 0 Å². The smallest absolute Gasteiger partial charge is 1.00 e. The van der Waals surface area contributed by atoms with Crippen molar-refractivity contribution in [3.05, 3.63) is 0 Å².